The van der Waals surface area contributed by atoms with Crippen LogP contribution in [0.5, 0.6) is 6.01 Å². The zero-order valence-corrected chi connectivity index (χ0v) is 10.00. The minimum atomic E-state index is -0.0643. The number of nitrogens with zero attached hydrogens (tertiary/aromatic N) is 4. The van der Waals surface area contributed by atoms with Crippen LogP contribution in [-0.2, 0) is 0 Å². The van der Waals surface area contributed by atoms with Gasteiger partial charge < -0.3 is 20.6 Å². The monoisotopic (exact) mass is 239 g/mol. The molecule has 17 heavy (non-hydrogen) atoms. The van der Waals surface area contributed by atoms with Crippen LogP contribution < -0.4 is 10.5 Å². The van der Waals surface area contributed by atoms with E-state index in [0.717, 1.165) is 13.0 Å². The van der Waals surface area contributed by atoms with Crippen molar-refractivity contribution in [2.45, 2.75) is 6.42 Å². The summed E-state index contributed by atoms with van der Waals surface area (Å²) in [6.07, 6.45) is 2.38. The smallest absolute Gasteiger partial charge is 0.317 e. The molecular weight excluding hydrogens is 222 g/mol. The Bertz CT molecular complexity index is 381. The van der Waals surface area contributed by atoms with Crippen molar-refractivity contribution in [3.63, 3.8) is 0 Å². The van der Waals surface area contributed by atoms with Crippen LogP contribution >= 0.6 is 0 Å². The average molecular weight is 239 g/mol. The lowest BCUT2D eigenvalue weighted by atomic mass is 10.4. The quantitative estimate of drug-likeness (QED) is 0.236. The molecule has 0 spiro atoms. The van der Waals surface area contributed by atoms with Crippen LogP contribution in [0.25, 0.3) is 0 Å². The Hall–Kier alpha value is -1.89. The molecule has 0 fully saturated rings. The van der Waals surface area contributed by atoms with Crippen molar-refractivity contribution in [1.82, 2.24) is 14.9 Å². The summed E-state index contributed by atoms with van der Waals surface area (Å²) in [6.45, 7) is 1.46. The van der Waals surface area contributed by atoms with Crippen molar-refractivity contribution in [2.75, 3.05) is 27.2 Å². The van der Waals surface area contributed by atoms with Crippen LogP contribution in [0.15, 0.2) is 17.4 Å². The number of rotatable bonds is 6. The second-order valence-corrected chi connectivity index (χ2v) is 3.71. The summed E-state index contributed by atoms with van der Waals surface area (Å²) < 4.78 is 5.35. The fourth-order valence-electron chi connectivity index (χ4n) is 1.15. The fraction of sp³-hybridized carbons (Fsp3) is 0.500. The topological polar surface area (TPSA) is 96.9 Å². The minimum absolute atomic E-state index is 0.0643. The van der Waals surface area contributed by atoms with Gasteiger partial charge in [0.15, 0.2) is 5.84 Å². The van der Waals surface area contributed by atoms with Gasteiger partial charge in [-0.3, -0.25) is 0 Å². The molecule has 0 bridgehead atoms. The fourth-order valence-corrected chi connectivity index (χ4v) is 1.15. The van der Waals surface area contributed by atoms with Gasteiger partial charge in [-0.05, 0) is 26.6 Å². The zero-order valence-electron chi connectivity index (χ0n) is 10.00. The summed E-state index contributed by atoms with van der Waals surface area (Å²) >= 11 is 0. The van der Waals surface area contributed by atoms with Gasteiger partial charge in [-0.1, -0.05) is 5.16 Å². The van der Waals surface area contributed by atoms with Gasteiger partial charge in [-0.25, -0.2) is 4.98 Å². The normalized spacial score (nSPS) is 11.8. The molecule has 0 atom stereocenters. The molecule has 0 amide bonds. The van der Waals surface area contributed by atoms with E-state index in [9.17, 15) is 0 Å². The second kappa shape index (κ2) is 6.64. The van der Waals surface area contributed by atoms with E-state index >= 15 is 0 Å². The molecule has 0 saturated carbocycles. The summed E-state index contributed by atoms with van der Waals surface area (Å²) in [5, 5.41) is 11.4. The van der Waals surface area contributed by atoms with Gasteiger partial charge in [-0.15, -0.1) is 0 Å². The van der Waals surface area contributed by atoms with Crippen LogP contribution in [0, 0.1) is 0 Å². The van der Waals surface area contributed by atoms with Gasteiger partial charge in [-0.2, -0.15) is 4.98 Å². The third-order valence-electron chi connectivity index (χ3n) is 1.98. The van der Waals surface area contributed by atoms with Crippen molar-refractivity contribution in [2.24, 2.45) is 10.9 Å². The predicted molar refractivity (Wildman–Crippen MR) is 63.2 cm³/mol. The summed E-state index contributed by atoms with van der Waals surface area (Å²) in [5.74, 6) is -0.0643. The first-order valence-corrected chi connectivity index (χ1v) is 5.22. The summed E-state index contributed by atoms with van der Waals surface area (Å²) in [5.41, 5.74) is 5.74. The molecule has 7 heteroatoms. The molecule has 0 saturated heterocycles. The van der Waals surface area contributed by atoms with Gasteiger partial charge in [0.25, 0.3) is 0 Å². The molecule has 0 radical (unpaired) electrons. The maximum absolute atomic E-state index is 8.51. The van der Waals surface area contributed by atoms with Gasteiger partial charge >= 0.3 is 6.01 Å². The lowest BCUT2D eigenvalue weighted by Crippen LogP contribution is -2.17. The first-order chi connectivity index (χ1) is 8.13. The van der Waals surface area contributed by atoms with E-state index < -0.39 is 0 Å². The first kappa shape index (κ1) is 13.2. The Balaban J connectivity index is 2.49. The van der Waals surface area contributed by atoms with E-state index in [1.165, 1.54) is 6.20 Å². The number of aromatic nitrogens is 2. The van der Waals surface area contributed by atoms with Crippen LogP contribution in [0.2, 0.25) is 0 Å². The third-order valence-corrected chi connectivity index (χ3v) is 1.98. The zero-order chi connectivity index (χ0) is 12.7. The summed E-state index contributed by atoms with van der Waals surface area (Å²) in [4.78, 5) is 10.00. The van der Waals surface area contributed by atoms with E-state index in [-0.39, 0.29) is 11.8 Å². The number of hydrogen-bond donors (Lipinski definition) is 2. The molecule has 7 nitrogen and oxygen atoms in total. The SMILES string of the molecule is CN(C)CCCOc1nccc(/C(N)=N/O)n1. The maximum Gasteiger partial charge on any atom is 0.317 e. The molecular formula is C10H17N5O2. The lowest BCUT2D eigenvalue weighted by Gasteiger charge is -2.09. The number of nitrogens with two attached hydrogens (primary N) is 1. The molecule has 1 aromatic rings. The Kier molecular flexibility index (Phi) is 5.15. The molecule has 0 aliphatic carbocycles. The largest absolute Gasteiger partial charge is 0.463 e. The van der Waals surface area contributed by atoms with E-state index in [2.05, 4.69) is 20.0 Å². The number of hydrogen-bond acceptors (Lipinski definition) is 6. The van der Waals surface area contributed by atoms with E-state index in [4.69, 9.17) is 15.7 Å². The van der Waals surface area contributed by atoms with Crippen molar-refractivity contribution in [3.8, 4) is 6.01 Å². The Morgan fingerprint density at radius 1 is 1.59 bits per heavy atom. The first-order valence-electron chi connectivity index (χ1n) is 5.22. The van der Waals surface area contributed by atoms with Gasteiger partial charge in [0.1, 0.15) is 5.69 Å². The summed E-state index contributed by atoms with van der Waals surface area (Å²) in [6, 6.07) is 1.77. The van der Waals surface area contributed by atoms with E-state index in [0.29, 0.717) is 12.3 Å². The molecule has 0 aliphatic rings. The molecule has 3 N–H and O–H groups in total. The molecule has 0 unspecified atom stereocenters. The predicted octanol–water partition coefficient (Wildman–Crippen LogP) is -0.0984. The second-order valence-electron chi connectivity index (χ2n) is 3.71. The lowest BCUT2D eigenvalue weighted by molar-refractivity contribution is 0.263. The number of oxime groups is 1. The maximum atomic E-state index is 8.51. The van der Waals surface area contributed by atoms with Crippen LogP contribution in [-0.4, -0.2) is 53.2 Å². The average Bonchev–Trinajstić information content (AvgIpc) is 2.34. The summed E-state index contributed by atoms with van der Waals surface area (Å²) in [7, 11) is 3.99. The third kappa shape index (κ3) is 4.64. The van der Waals surface area contributed by atoms with Crippen molar-refractivity contribution < 1.29 is 9.94 Å². The van der Waals surface area contributed by atoms with E-state index in [1.54, 1.807) is 6.07 Å². The van der Waals surface area contributed by atoms with Crippen LogP contribution in [0.3, 0.4) is 0 Å². The molecule has 0 aliphatic heterocycles. The Labute approximate surface area is 99.9 Å². The van der Waals surface area contributed by atoms with Gasteiger partial charge in [0.2, 0.25) is 0 Å². The molecule has 94 valence electrons. The van der Waals surface area contributed by atoms with E-state index in [1.807, 2.05) is 14.1 Å². The highest BCUT2D eigenvalue weighted by molar-refractivity contribution is 5.95. The highest BCUT2D eigenvalue weighted by atomic mass is 16.5. The van der Waals surface area contributed by atoms with Crippen molar-refractivity contribution in [1.29, 1.82) is 0 Å². The van der Waals surface area contributed by atoms with Gasteiger partial charge in [0, 0.05) is 12.7 Å². The molecule has 1 heterocycles. The Morgan fingerprint density at radius 3 is 3.00 bits per heavy atom. The van der Waals surface area contributed by atoms with Crippen LogP contribution in [0.4, 0.5) is 0 Å². The number of ether oxygens (including phenoxy) is 1. The number of amidine groups is 1. The molecule has 0 aromatic carbocycles. The Morgan fingerprint density at radius 2 is 2.35 bits per heavy atom. The highest BCUT2D eigenvalue weighted by Crippen LogP contribution is 2.03. The van der Waals surface area contributed by atoms with Gasteiger partial charge in [0.05, 0.1) is 6.61 Å². The van der Waals surface area contributed by atoms with Crippen molar-refractivity contribution in [3.05, 3.63) is 18.0 Å². The van der Waals surface area contributed by atoms with Crippen LogP contribution in [0.1, 0.15) is 12.1 Å². The van der Waals surface area contributed by atoms with Crippen molar-refractivity contribution >= 4 is 5.84 Å². The molecule has 1 aromatic heterocycles. The molecule has 1 rings (SSSR count). The standard InChI is InChI=1S/C10H17N5O2/c1-15(2)6-3-7-17-10-12-5-4-8(13-10)9(11)14-16/h4-5,16H,3,6-7H2,1-2H3,(H2,11,14). The minimum Gasteiger partial charge on any atom is -0.463 e. The highest BCUT2D eigenvalue weighted by Gasteiger charge is 2.04.